The molecule has 130 valence electrons. The Kier molecular flexibility index (Phi) is 3.88. The van der Waals surface area contributed by atoms with E-state index in [4.69, 9.17) is 10.7 Å². The van der Waals surface area contributed by atoms with Crippen LogP contribution in [-0.4, -0.2) is 21.0 Å². The fourth-order valence-electron chi connectivity index (χ4n) is 4.07. The number of nitrogens with one attached hydrogen (secondary N) is 1. The van der Waals surface area contributed by atoms with E-state index in [-0.39, 0.29) is 6.04 Å². The molecule has 1 aliphatic carbocycles. The third-order valence-corrected chi connectivity index (χ3v) is 5.16. The number of aromatic nitrogens is 3. The molecule has 4 heteroatoms. The topological polar surface area (TPSA) is 67.6 Å². The van der Waals surface area contributed by atoms with E-state index >= 15 is 0 Å². The molecule has 3 aromatic rings. The molecular formula is C21H26N4. The largest absolute Gasteiger partial charge is 0.353 e. The van der Waals surface area contributed by atoms with Crippen LogP contribution in [0.5, 0.6) is 0 Å². The van der Waals surface area contributed by atoms with E-state index < -0.39 is 0 Å². The van der Waals surface area contributed by atoms with E-state index in [1.54, 1.807) is 0 Å². The normalized spacial score (nSPS) is 17.3. The van der Waals surface area contributed by atoms with Crippen LogP contribution in [0, 0.1) is 13.8 Å². The van der Waals surface area contributed by atoms with E-state index in [0.717, 1.165) is 41.7 Å². The lowest BCUT2D eigenvalue weighted by Gasteiger charge is -2.20. The zero-order valence-electron chi connectivity index (χ0n) is 15.5. The number of rotatable bonds is 2. The molecule has 0 saturated heterocycles. The first-order chi connectivity index (χ1) is 11.9. The van der Waals surface area contributed by atoms with Crippen molar-refractivity contribution in [2.45, 2.75) is 58.9 Å². The number of aromatic amines is 1. The highest BCUT2D eigenvalue weighted by Crippen LogP contribution is 2.36. The van der Waals surface area contributed by atoms with Gasteiger partial charge in [-0.1, -0.05) is 13.8 Å². The minimum absolute atomic E-state index is 0.240. The summed E-state index contributed by atoms with van der Waals surface area (Å²) < 4.78 is 0. The molecule has 0 aliphatic heterocycles. The van der Waals surface area contributed by atoms with Crippen molar-refractivity contribution < 1.29 is 0 Å². The van der Waals surface area contributed by atoms with Crippen LogP contribution in [-0.2, 0) is 12.8 Å². The molecule has 3 aromatic heterocycles. The summed E-state index contributed by atoms with van der Waals surface area (Å²) >= 11 is 0. The molecule has 1 unspecified atom stereocenters. The molecule has 4 rings (SSSR count). The van der Waals surface area contributed by atoms with Gasteiger partial charge >= 0.3 is 0 Å². The Morgan fingerprint density at radius 3 is 2.52 bits per heavy atom. The molecule has 0 saturated carbocycles. The number of H-pyrrole nitrogens is 1. The zero-order chi connectivity index (χ0) is 17.7. The van der Waals surface area contributed by atoms with Gasteiger partial charge in [0.15, 0.2) is 0 Å². The monoisotopic (exact) mass is 334 g/mol. The Morgan fingerprint density at radius 2 is 1.84 bits per heavy atom. The molecule has 0 bridgehead atoms. The maximum absolute atomic E-state index is 6.17. The van der Waals surface area contributed by atoms with Crippen molar-refractivity contribution in [3.8, 4) is 11.3 Å². The zero-order valence-corrected chi connectivity index (χ0v) is 15.5. The summed E-state index contributed by atoms with van der Waals surface area (Å²) in [4.78, 5) is 13.2. The van der Waals surface area contributed by atoms with Gasteiger partial charge in [0.05, 0.1) is 16.7 Å². The van der Waals surface area contributed by atoms with Crippen LogP contribution in [0.3, 0.4) is 0 Å². The highest BCUT2D eigenvalue weighted by atomic mass is 14.8. The van der Waals surface area contributed by atoms with Gasteiger partial charge in [0, 0.05) is 40.7 Å². The predicted octanol–water partition coefficient (Wildman–Crippen LogP) is 4.18. The Hall–Kier alpha value is -2.20. The molecule has 3 N–H and O–H groups in total. The summed E-state index contributed by atoms with van der Waals surface area (Å²) in [6.45, 7) is 8.57. The van der Waals surface area contributed by atoms with Crippen LogP contribution in [0.2, 0.25) is 0 Å². The SMILES string of the molecule is Cc1cc(-c2[nH]c3cc4c(nc3c2C(C)C)CC(N)CC4)cc(C)n1. The van der Waals surface area contributed by atoms with Crippen molar-refractivity contribution in [2.24, 2.45) is 5.73 Å². The van der Waals surface area contributed by atoms with Gasteiger partial charge in [-0.2, -0.15) is 0 Å². The van der Waals surface area contributed by atoms with Gasteiger partial charge in [-0.15, -0.1) is 0 Å². The molecular weight excluding hydrogens is 308 g/mol. The summed E-state index contributed by atoms with van der Waals surface area (Å²) in [5.41, 5.74) is 16.7. The van der Waals surface area contributed by atoms with Gasteiger partial charge in [-0.3, -0.25) is 9.97 Å². The lowest BCUT2D eigenvalue weighted by Crippen LogP contribution is -2.28. The van der Waals surface area contributed by atoms with Crippen molar-refractivity contribution in [1.29, 1.82) is 0 Å². The van der Waals surface area contributed by atoms with Crippen LogP contribution in [0.15, 0.2) is 18.2 Å². The predicted molar refractivity (Wildman–Crippen MR) is 103 cm³/mol. The van der Waals surface area contributed by atoms with Gasteiger partial charge in [0.2, 0.25) is 0 Å². The smallest absolute Gasteiger partial charge is 0.0923 e. The second-order valence-electron chi connectivity index (χ2n) is 7.70. The molecule has 0 aromatic carbocycles. The molecule has 4 nitrogen and oxygen atoms in total. The summed E-state index contributed by atoms with van der Waals surface area (Å²) in [6, 6.07) is 6.84. The van der Waals surface area contributed by atoms with Crippen LogP contribution < -0.4 is 5.73 Å². The number of nitrogens with zero attached hydrogens (tertiary/aromatic N) is 2. The molecule has 25 heavy (non-hydrogen) atoms. The van der Waals surface area contributed by atoms with Crippen molar-refractivity contribution >= 4 is 11.0 Å². The lowest BCUT2D eigenvalue weighted by molar-refractivity contribution is 0.567. The van der Waals surface area contributed by atoms with Gasteiger partial charge < -0.3 is 10.7 Å². The van der Waals surface area contributed by atoms with Gasteiger partial charge in [0.1, 0.15) is 0 Å². The lowest BCUT2D eigenvalue weighted by atomic mass is 9.91. The molecule has 1 atom stereocenters. The van der Waals surface area contributed by atoms with Crippen molar-refractivity contribution in [2.75, 3.05) is 0 Å². The fourth-order valence-corrected chi connectivity index (χ4v) is 4.07. The molecule has 0 spiro atoms. The third kappa shape index (κ3) is 2.85. The first kappa shape index (κ1) is 16.3. The summed E-state index contributed by atoms with van der Waals surface area (Å²) in [6.07, 6.45) is 2.96. The van der Waals surface area contributed by atoms with Crippen molar-refractivity contribution in [1.82, 2.24) is 15.0 Å². The first-order valence-electron chi connectivity index (χ1n) is 9.18. The molecule has 0 fully saturated rings. The Morgan fingerprint density at radius 1 is 1.12 bits per heavy atom. The van der Waals surface area contributed by atoms with E-state index in [1.165, 1.54) is 28.1 Å². The van der Waals surface area contributed by atoms with Crippen LogP contribution in [0.4, 0.5) is 0 Å². The fraction of sp³-hybridized carbons (Fsp3) is 0.429. The molecule has 1 aliphatic rings. The number of aryl methyl sites for hydroxylation is 3. The minimum atomic E-state index is 0.240. The first-order valence-corrected chi connectivity index (χ1v) is 9.18. The number of fused-ring (bicyclic) bond motifs is 2. The number of pyridine rings is 2. The van der Waals surface area contributed by atoms with Gasteiger partial charge in [-0.25, -0.2) is 0 Å². The number of nitrogens with two attached hydrogens (primary N) is 1. The maximum Gasteiger partial charge on any atom is 0.0923 e. The Balaban J connectivity index is 1.97. The highest BCUT2D eigenvalue weighted by Gasteiger charge is 2.22. The van der Waals surface area contributed by atoms with E-state index in [2.05, 4.69) is 42.0 Å². The second kappa shape index (κ2) is 5.95. The van der Waals surface area contributed by atoms with Crippen LogP contribution in [0.1, 0.15) is 54.4 Å². The standard InChI is InChI=1S/C21H26N4/c1-11(2)19-20(15-7-12(3)23-13(4)8-15)25-18-9-14-5-6-16(22)10-17(14)24-21(18)19/h7-9,11,16,25H,5-6,10,22H2,1-4H3. The summed E-state index contributed by atoms with van der Waals surface area (Å²) in [5.74, 6) is 0.389. The number of hydrogen-bond acceptors (Lipinski definition) is 3. The van der Waals surface area contributed by atoms with Gasteiger partial charge in [-0.05, 0) is 56.4 Å². The Labute approximate surface area is 148 Å². The summed E-state index contributed by atoms with van der Waals surface area (Å²) in [5, 5.41) is 0. The highest BCUT2D eigenvalue weighted by molar-refractivity contribution is 5.89. The summed E-state index contributed by atoms with van der Waals surface area (Å²) in [7, 11) is 0. The average molecular weight is 334 g/mol. The molecule has 3 heterocycles. The minimum Gasteiger partial charge on any atom is -0.353 e. The maximum atomic E-state index is 6.17. The van der Waals surface area contributed by atoms with E-state index in [0.29, 0.717) is 5.92 Å². The van der Waals surface area contributed by atoms with Crippen LogP contribution in [0.25, 0.3) is 22.3 Å². The second-order valence-corrected chi connectivity index (χ2v) is 7.70. The van der Waals surface area contributed by atoms with Gasteiger partial charge in [0.25, 0.3) is 0 Å². The third-order valence-electron chi connectivity index (χ3n) is 5.16. The van der Waals surface area contributed by atoms with Crippen molar-refractivity contribution in [3.63, 3.8) is 0 Å². The van der Waals surface area contributed by atoms with E-state index in [1.807, 2.05) is 13.8 Å². The quantitative estimate of drug-likeness (QED) is 0.738. The molecule has 0 amide bonds. The Bertz CT molecular complexity index is 932. The average Bonchev–Trinajstić information content (AvgIpc) is 2.90. The van der Waals surface area contributed by atoms with Crippen molar-refractivity contribution in [3.05, 3.63) is 46.4 Å². The van der Waals surface area contributed by atoms with E-state index in [9.17, 15) is 0 Å². The number of hydrogen-bond donors (Lipinski definition) is 2. The van der Waals surface area contributed by atoms with Crippen LogP contribution >= 0.6 is 0 Å². The molecule has 0 radical (unpaired) electrons.